The molecule has 184 valence electrons. The predicted octanol–water partition coefficient (Wildman–Crippen LogP) is 1.81. The average Bonchev–Trinajstić information content (AvgIpc) is 3.54. The molecule has 0 unspecified atom stereocenters. The van der Waals surface area contributed by atoms with E-state index < -0.39 is 10.0 Å². The van der Waals surface area contributed by atoms with Gasteiger partial charge in [0.05, 0.1) is 4.90 Å². The summed E-state index contributed by atoms with van der Waals surface area (Å²) in [6.45, 7) is 3.82. The lowest BCUT2D eigenvalue weighted by atomic mass is 10.1. The number of carbonyl (C=O) groups is 1. The van der Waals surface area contributed by atoms with Crippen molar-refractivity contribution in [2.24, 2.45) is 0 Å². The lowest BCUT2D eigenvalue weighted by molar-refractivity contribution is 0.0623. The molecule has 0 radical (unpaired) electrons. The summed E-state index contributed by atoms with van der Waals surface area (Å²) in [7, 11) is -0.506. The maximum Gasteiger partial charge on any atom is 0.274 e. The van der Waals surface area contributed by atoms with Crippen LogP contribution in [0, 0.1) is 0 Å². The molecule has 3 heterocycles. The Morgan fingerprint density at radius 2 is 1.71 bits per heavy atom. The minimum atomic E-state index is -3.49. The van der Waals surface area contributed by atoms with Gasteiger partial charge in [0.2, 0.25) is 16.8 Å². The fourth-order valence-corrected chi connectivity index (χ4v) is 5.05. The summed E-state index contributed by atoms with van der Waals surface area (Å²) in [5, 5.41) is 0. The number of benzene rings is 2. The number of ether oxygens (including phenoxy) is 2. The third-order valence-corrected chi connectivity index (χ3v) is 8.05. The van der Waals surface area contributed by atoms with Crippen molar-refractivity contribution < 1.29 is 22.7 Å². The highest BCUT2D eigenvalue weighted by Crippen LogP contribution is 2.32. The number of piperazine rings is 1. The van der Waals surface area contributed by atoms with Crippen LogP contribution in [-0.2, 0) is 16.6 Å². The highest BCUT2D eigenvalue weighted by atomic mass is 32.2. The van der Waals surface area contributed by atoms with Crippen LogP contribution in [0.15, 0.2) is 59.9 Å². The molecule has 1 aromatic heterocycles. The minimum absolute atomic E-state index is 0.113. The summed E-state index contributed by atoms with van der Waals surface area (Å²) in [6, 6.07) is 12.5. The molecule has 2 aliphatic rings. The monoisotopic (exact) mass is 497 g/mol. The number of aromatic nitrogens is 2. The first-order valence-electron chi connectivity index (χ1n) is 11.3. The number of sulfonamides is 1. The van der Waals surface area contributed by atoms with Gasteiger partial charge in [-0.05, 0) is 42.0 Å². The van der Waals surface area contributed by atoms with Gasteiger partial charge in [0.25, 0.3) is 5.91 Å². The van der Waals surface area contributed by atoms with Gasteiger partial charge in [-0.2, -0.15) is 0 Å². The largest absolute Gasteiger partial charge is 0.454 e. The molecule has 0 atom stereocenters. The molecule has 1 saturated heterocycles. The van der Waals surface area contributed by atoms with Crippen LogP contribution in [-0.4, -0.2) is 85.0 Å². The number of hydrogen-bond acceptors (Lipinski definition) is 7. The van der Waals surface area contributed by atoms with Crippen molar-refractivity contribution in [3.8, 4) is 17.2 Å². The molecule has 0 aliphatic carbocycles. The zero-order chi connectivity index (χ0) is 24.6. The Labute approximate surface area is 204 Å². The number of nitrogens with zero attached hydrogens (tertiary/aromatic N) is 5. The van der Waals surface area contributed by atoms with Gasteiger partial charge < -0.3 is 18.9 Å². The van der Waals surface area contributed by atoms with E-state index in [9.17, 15) is 13.2 Å². The fraction of sp³-hybridized carbons (Fsp3) is 0.333. The van der Waals surface area contributed by atoms with Gasteiger partial charge in [-0.1, -0.05) is 6.07 Å². The predicted molar refractivity (Wildman–Crippen MR) is 128 cm³/mol. The maximum absolute atomic E-state index is 13.0. The quantitative estimate of drug-likeness (QED) is 0.512. The lowest BCUT2D eigenvalue weighted by Crippen LogP contribution is -2.48. The van der Waals surface area contributed by atoms with Gasteiger partial charge >= 0.3 is 0 Å². The Hall–Kier alpha value is -3.41. The smallest absolute Gasteiger partial charge is 0.274 e. The van der Waals surface area contributed by atoms with E-state index in [1.807, 2.05) is 23.1 Å². The van der Waals surface area contributed by atoms with Crippen LogP contribution < -0.4 is 9.47 Å². The molecule has 0 bridgehead atoms. The second-order valence-electron chi connectivity index (χ2n) is 8.70. The van der Waals surface area contributed by atoms with E-state index in [2.05, 4.69) is 9.88 Å². The van der Waals surface area contributed by atoms with Gasteiger partial charge in [-0.3, -0.25) is 9.69 Å². The van der Waals surface area contributed by atoms with Crippen molar-refractivity contribution in [3.63, 3.8) is 0 Å². The summed E-state index contributed by atoms with van der Waals surface area (Å²) in [5.74, 6) is 1.44. The SMILES string of the molecule is CN(C)S(=O)(=O)c1ccc(-n2cnc(C(=O)N3CCN(Cc4ccc5c(c4)OCO5)CC3)c2)cc1. The topological polar surface area (TPSA) is 97.2 Å². The molecule has 2 aromatic carbocycles. The van der Waals surface area contributed by atoms with Crippen LogP contribution >= 0.6 is 0 Å². The van der Waals surface area contributed by atoms with Crippen LogP contribution in [0.1, 0.15) is 16.1 Å². The van der Waals surface area contributed by atoms with Crippen molar-refractivity contribution in [1.82, 2.24) is 23.7 Å². The first kappa shape index (κ1) is 23.3. The summed E-state index contributed by atoms with van der Waals surface area (Å²) in [4.78, 5) is 21.6. The number of hydrogen-bond donors (Lipinski definition) is 0. The molecule has 35 heavy (non-hydrogen) atoms. The van der Waals surface area contributed by atoms with E-state index in [0.717, 1.165) is 42.4 Å². The van der Waals surface area contributed by atoms with Gasteiger partial charge in [0.15, 0.2) is 11.5 Å². The molecule has 0 N–H and O–H groups in total. The molecule has 3 aromatic rings. The highest BCUT2D eigenvalue weighted by Gasteiger charge is 2.24. The summed E-state index contributed by atoms with van der Waals surface area (Å²) in [6.07, 6.45) is 3.25. The highest BCUT2D eigenvalue weighted by molar-refractivity contribution is 7.89. The van der Waals surface area contributed by atoms with Crippen LogP contribution in [0.4, 0.5) is 0 Å². The van der Waals surface area contributed by atoms with Gasteiger partial charge in [0.1, 0.15) is 12.0 Å². The molecule has 1 amide bonds. The van der Waals surface area contributed by atoms with Crippen LogP contribution in [0.2, 0.25) is 0 Å². The van der Waals surface area contributed by atoms with E-state index in [1.54, 1.807) is 41.4 Å². The van der Waals surface area contributed by atoms with E-state index in [1.165, 1.54) is 18.4 Å². The van der Waals surface area contributed by atoms with Crippen molar-refractivity contribution in [1.29, 1.82) is 0 Å². The van der Waals surface area contributed by atoms with Crippen LogP contribution in [0.25, 0.3) is 5.69 Å². The molecule has 0 spiro atoms. The molecular weight excluding hydrogens is 470 g/mol. The Morgan fingerprint density at radius 1 is 1.00 bits per heavy atom. The van der Waals surface area contributed by atoms with Gasteiger partial charge in [0, 0.05) is 58.7 Å². The average molecular weight is 498 g/mol. The van der Waals surface area contributed by atoms with Crippen LogP contribution in [0.3, 0.4) is 0 Å². The zero-order valence-electron chi connectivity index (χ0n) is 19.6. The summed E-state index contributed by atoms with van der Waals surface area (Å²) in [5.41, 5.74) is 2.24. The minimum Gasteiger partial charge on any atom is -0.454 e. The van der Waals surface area contributed by atoms with E-state index in [4.69, 9.17) is 9.47 Å². The third kappa shape index (κ3) is 4.75. The first-order valence-corrected chi connectivity index (χ1v) is 12.7. The van der Waals surface area contributed by atoms with Crippen LogP contribution in [0.5, 0.6) is 11.5 Å². The standard InChI is InChI=1S/C24H27N5O5S/c1-26(2)35(31,32)20-6-4-19(5-7-20)29-15-21(25-16-29)24(30)28-11-9-27(10-12-28)14-18-3-8-22-23(13-18)34-17-33-22/h3-8,13,15-16H,9-12,14,17H2,1-2H3. The van der Waals surface area contributed by atoms with Crippen molar-refractivity contribution in [2.75, 3.05) is 47.1 Å². The maximum atomic E-state index is 13.0. The molecule has 1 fully saturated rings. The van der Waals surface area contributed by atoms with Crippen molar-refractivity contribution in [2.45, 2.75) is 11.4 Å². The number of carbonyl (C=O) groups excluding carboxylic acids is 1. The normalized spacial score (nSPS) is 16.1. The summed E-state index contributed by atoms with van der Waals surface area (Å²) < 4.78 is 38.2. The molecular formula is C24H27N5O5S. The number of amides is 1. The van der Waals surface area contributed by atoms with E-state index >= 15 is 0 Å². The molecule has 2 aliphatic heterocycles. The summed E-state index contributed by atoms with van der Waals surface area (Å²) >= 11 is 0. The number of imidazole rings is 1. The Balaban J connectivity index is 1.19. The second kappa shape index (κ2) is 9.33. The Bertz CT molecular complexity index is 1330. The number of fused-ring (bicyclic) bond motifs is 1. The van der Waals surface area contributed by atoms with E-state index in [-0.39, 0.29) is 17.6 Å². The van der Waals surface area contributed by atoms with E-state index in [0.29, 0.717) is 18.8 Å². The second-order valence-corrected chi connectivity index (χ2v) is 10.9. The lowest BCUT2D eigenvalue weighted by Gasteiger charge is -2.34. The third-order valence-electron chi connectivity index (χ3n) is 6.22. The first-order chi connectivity index (χ1) is 16.8. The molecule has 10 nitrogen and oxygen atoms in total. The molecule has 11 heteroatoms. The Kier molecular flexibility index (Phi) is 6.22. The molecule has 0 saturated carbocycles. The van der Waals surface area contributed by atoms with Crippen molar-refractivity contribution >= 4 is 15.9 Å². The van der Waals surface area contributed by atoms with Gasteiger partial charge in [-0.15, -0.1) is 0 Å². The number of rotatable bonds is 6. The van der Waals surface area contributed by atoms with Crippen molar-refractivity contribution in [3.05, 3.63) is 66.2 Å². The zero-order valence-corrected chi connectivity index (χ0v) is 20.4. The Morgan fingerprint density at radius 3 is 2.43 bits per heavy atom. The molecule has 5 rings (SSSR count). The van der Waals surface area contributed by atoms with Gasteiger partial charge in [-0.25, -0.2) is 17.7 Å². The fourth-order valence-electron chi connectivity index (χ4n) is 4.14.